The molecule has 3 aromatic rings. The molecule has 0 radical (unpaired) electrons. The summed E-state index contributed by atoms with van der Waals surface area (Å²) < 4.78 is 0. The summed E-state index contributed by atoms with van der Waals surface area (Å²) in [5, 5.41) is 10.4. The van der Waals surface area contributed by atoms with Crippen LogP contribution in [0.3, 0.4) is 0 Å². The zero-order valence-corrected chi connectivity index (χ0v) is 15.3. The van der Waals surface area contributed by atoms with E-state index in [-0.39, 0.29) is 0 Å². The average Bonchev–Trinajstić information content (AvgIpc) is 3.04. The van der Waals surface area contributed by atoms with Crippen molar-refractivity contribution in [2.24, 2.45) is 0 Å². The molecule has 0 aliphatic carbocycles. The Morgan fingerprint density at radius 1 is 1.00 bits per heavy atom. The van der Waals surface area contributed by atoms with Gasteiger partial charge in [-0.3, -0.25) is 0 Å². The molecule has 3 rings (SSSR count). The molecule has 0 saturated heterocycles. The molecule has 0 spiro atoms. The van der Waals surface area contributed by atoms with Crippen molar-refractivity contribution in [3.63, 3.8) is 0 Å². The number of benzene rings is 2. The number of H-pyrrole nitrogens is 1. The van der Waals surface area contributed by atoms with Gasteiger partial charge in [-0.2, -0.15) is 0 Å². The minimum atomic E-state index is -0.879. The molecule has 2 N–H and O–H groups in total. The molecule has 0 aliphatic rings. The van der Waals surface area contributed by atoms with E-state index in [1.807, 2.05) is 6.20 Å². The van der Waals surface area contributed by atoms with Gasteiger partial charge in [0.2, 0.25) is 0 Å². The molecule has 0 unspecified atom stereocenters. The van der Waals surface area contributed by atoms with Crippen molar-refractivity contribution in [2.45, 2.75) is 34.6 Å². The third-order valence-electron chi connectivity index (χ3n) is 5.22. The van der Waals surface area contributed by atoms with Crippen LogP contribution in [0, 0.1) is 27.7 Å². The molecule has 0 atom stereocenters. The second-order valence-corrected chi connectivity index (χ2v) is 6.70. The first-order chi connectivity index (χ1) is 11.8. The summed E-state index contributed by atoms with van der Waals surface area (Å²) in [4.78, 5) is 14.4. The summed E-state index contributed by atoms with van der Waals surface area (Å²) in [7, 11) is 0. The molecule has 128 valence electrons. The molecule has 0 bridgehead atoms. The highest BCUT2D eigenvalue weighted by Gasteiger charge is 2.16. The Morgan fingerprint density at radius 3 is 2.24 bits per heavy atom. The Kier molecular flexibility index (Phi) is 4.25. The van der Waals surface area contributed by atoms with Crippen LogP contribution in [0.25, 0.3) is 28.1 Å². The predicted molar refractivity (Wildman–Crippen MR) is 104 cm³/mol. The van der Waals surface area contributed by atoms with E-state index in [0.29, 0.717) is 5.57 Å². The quantitative estimate of drug-likeness (QED) is 0.617. The maximum Gasteiger partial charge on any atom is 0.331 e. The number of fused-ring (bicyclic) bond motifs is 1. The van der Waals surface area contributed by atoms with Gasteiger partial charge in [-0.25, -0.2) is 4.79 Å². The molecule has 0 fully saturated rings. The molecule has 25 heavy (non-hydrogen) atoms. The van der Waals surface area contributed by atoms with Crippen LogP contribution in [0.4, 0.5) is 0 Å². The second-order valence-electron chi connectivity index (χ2n) is 6.70. The number of aromatic amines is 1. The van der Waals surface area contributed by atoms with Crippen molar-refractivity contribution < 1.29 is 9.90 Å². The van der Waals surface area contributed by atoms with Crippen LogP contribution in [-0.2, 0) is 4.79 Å². The number of aliphatic carboxylic acids is 1. The molecular formula is C22H23NO2. The molecule has 1 heterocycles. The summed E-state index contributed by atoms with van der Waals surface area (Å²) in [5.74, 6) is -0.879. The lowest BCUT2D eigenvalue weighted by Crippen LogP contribution is -2.02. The molecule has 0 saturated carbocycles. The smallest absolute Gasteiger partial charge is 0.331 e. The monoisotopic (exact) mass is 333 g/mol. The van der Waals surface area contributed by atoms with Crippen molar-refractivity contribution in [1.29, 1.82) is 0 Å². The van der Waals surface area contributed by atoms with Gasteiger partial charge in [-0.1, -0.05) is 6.07 Å². The van der Waals surface area contributed by atoms with Crippen molar-refractivity contribution in [1.82, 2.24) is 4.98 Å². The highest BCUT2D eigenvalue weighted by Crippen LogP contribution is 2.36. The first-order valence-electron chi connectivity index (χ1n) is 8.40. The fraction of sp³-hybridized carbons (Fsp3) is 0.227. The topological polar surface area (TPSA) is 53.1 Å². The van der Waals surface area contributed by atoms with Crippen LogP contribution < -0.4 is 0 Å². The van der Waals surface area contributed by atoms with E-state index in [1.165, 1.54) is 27.6 Å². The highest BCUT2D eigenvalue weighted by molar-refractivity contribution is 5.93. The number of rotatable bonds is 3. The van der Waals surface area contributed by atoms with Crippen LogP contribution >= 0.6 is 0 Å². The highest BCUT2D eigenvalue weighted by atomic mass is 16.4. The third-order valence-corrected chi connectivity index (χ3v) is 5.22. The molecule has 3 heteroatoms. The van der Waals surface area contributed by atoms with Gasteiger partial charge in [0.1, 0.15) is 0 Å². The second kappa shape index (κ2) is 6.25. The fourth-order valence-corrected chi connectivity index (χ4v) is 3.48. The van der Waals surface area contributed by atoms with Crippen LogP contribution in [0.2, 0.25) is 0 Å². The number of carboxylic acids is 1. The van der Waals surface area contributed by atoms with E-state index < -0.39 is 5.97 Å². The fourth-order valence-electron chi connectivity index (χ4n) is 3.48. The van der Waals surface area contributed by atoms with Gasteiger partial charge in [-0.15, -0.1) is 0 Å². The number of carbonyl (C=O) groups is 1. The van der Waals surface area contributed by atoms with Gasteiger partial charge < -0.3 is 10.1 Å². The predicted octanol–water partition coefficient (Wildman–Crippen LogP) is 5.56. The standard InChI is InChI=1S/C22H23NO2/c1-12(22(24)25)10-19-13(2)15(4)21(16(5)14(19)3)18-6-7-20-17(11-18)8-9-23-20/h6-11,23H,1-5H3,(H,24,25). The number of hydrogen-bond acceptors (Lipinski definition) is 1. The molecular weight excluding hydrogens is 310 g/mol. The molecule has 3 nitrogen and oxygen atoms in total. The SMILES string of the molecule is CC(=Cc1c(C)c(C)c(-c2ccc3[nH]ccc3c2)c(C)c1C)C(=O)O. The first-order valence-corrected chi connectivity index (χ1v) is 8.40. The average molecular weight is 333 g/mol. The van der Waals surface area contributed by atoms with Crippen molar-refractivity contribution >= 4 is 22.9 Å². The summed E-state index contributed by atoms with van der Waals surface area (Å²) in [6.45, 7) is 10.0. The van der Waals surface area contributed by atoms with E-state index in [0.717, 1.165) is 22.2 Å². The van der Waals surface area contributed by atoms with Crippen molar-refractivity contribution in [2.75, 3.05) is 0 Å². The van der Waals surface area contributed by atoms with E-state index in [9.17, 15) is 9.90 Å². The zero-order valence-electron chi connectivity index (χ0n) is 15.3. The lowest BCUT2D eigenvalue weighted by Gasteiger charge is -2.20. The Bertz CT molecular complexity index is 993. The summed E-state index contributed by atoms with van der Waals surface area (Å²) in [5.41, 5.74) is 9.59. The van der Waals surface area contributed by atoms with Crippen LogP contribution in [0.5, 0.6) is 0 Å². The molecule has 1 aromatic heterocycles. The van der Waals surface area contributed by atoms with E-state index in [1.54, 1.807) is 13.0 Å². The molecule has 0 aliphatic heterocycles. The van der Waals surface area contributed by atoms with Gasteiger partial charge in [0, 0.05) is 17.3 Å². The maximum absolute atomic E-state index is 11.2. The Balaban J connectivity index is 2.25. The molecule has 0 amide bonds. The first kappa shape index (κ1) is 17.0. The lowest BCUT2D eigenvalue weighted by molar-refractivity contribution is -0.132. The van der Waals surface area contributed by atoms with Gasteiger partial charge in [-0.05, 0) is 103 Å². The van der Waals surface area contributed by atoms with Gasteiger partial charge in [0.15, 0.2) is 0 Å². The van der Waals surface area contributed by atoms with Gasteiger partial charge in [0.05, 0.1) is 0 Å². The zero-order chi connectivity index (χ0) is 18.3. The van der Waals surface area contributed by atoms with E-state index >= 15 is 0 Å². The van der Waals surface area contributed by atoms with Crippen molar-refractivity contribution in [3.8, 4) is 11.1 Å². The minimum Gasteiger partial charge on any atom is -0.478 e. The van der Waals surface area contributed by atoms with E-state index in [4.69, 9.17) is 0 Å². The van der Waals surface area contributed by atoms with Crippen LogP contribution in [-0.4, -0.2) is 16.1 Å². The summed E-state index contributed by atoms with van der Waals surface area (Å²) >= 11 is 0. The largest absolute Gasteiger partial charge is 0.478 e. The summed E-state index contributed by atoms with van der Waals surface area (Å²) in [6, 6.07) is 8.54. The number of aromatic nitrogens is 1. The minimum absolute atomic E-state index is 0.353. The van der Waals surface area contributed by atoms with Gasteiger partial charge >= 0.3 is 5.97 Å². The Labute approximate surface area is 148 Å². The number of nitrogens with one attached hydrogen (secondary N) is 1. The summed E-state index contributed by atoms with van der Waals surface area (Å²) in [6.07, 6.45) is 3.74. The maximum atomic E-state index is 11.2. The van der Waals surface area contributed by atoms with Gasteiger partial charge in [0.25, 0.3) is 0 Å². The Hall–Kier alpha value is -2.81. The van der Waals surface area contributed by atoms with Crippen LogP contribution in [0.1, 0.15) is 34.7 Å². The third kappa shape index (κ3) is 2.86. The normalized spacial score (nSPS) is 12.0. The van der Waals surface area contributed by atoms with Crippen molar-refractivity contribution in [3.05, 3.63) is 63.9 Å². The van der Waals surface area contributed by atoms with E-state index in [2.05, 4.69) is 56.9 Å². The number of carboxylic acid groups (broad SMARTS) is 1. The Morgan fingerprint density at radius 2 is 1.64 bits per heavy atom. The lowest BCUT2D eigenvalue weighted by atomic mass is 9.85. The number of hydrogen-bond donors (Lipinski definition) is 2. The molecule has 2 aromatic carbocycles. The van der Waals surface area contributed by atoms with Crippen LogP contribution in [0.15, 0.2) is 36.0 Å².